The normalized spacial score (nSPS) is 17.7. The number of aliphatic hydroxyl groups is 1. The lowest BCUT2D eigenvalue weighted by Gasteiger charge is -2.27. The van der Waals surface area contributed by atoms with Crippen LogP contribution in [0.4, 0.5) is 0 Å². The zero-order chi connectivity index (χ0) is 19.7. The average Bonchev–Trinajstić information content (AvgIpc) is 3.44. The number of ether oxygens (including phenoxy) is 1. The van der Waals surface area contributed by atoms with Gasteiger partial charge in [0, 0.05) is 5.54 Å². The molecule has 0 aromatic heterocycles. The molecule has 3 nitrogen and oxygen atoms in total. The van der Waals surface area contributed by atoms with E-state index in [1.165, 1.54) is 37.7 Å². The molecule has 0 bridgehead atoms. The minimum absolute atomic E-state index is 0.0834. The van der Waals surface area contributed by atoms with Gasteiger partial charge in [0.1, 0.15) is 5.75 Å². The third kappa shape index (κ3) is 9.12. The maximum atomic E-state index is 9.66. The van der Waals surface area contributed by atoms with Gasteiger partial charge in [0.15, 0.2) is 0 Å². The molecule has 2 unspecified atom stereocenters. The van der Waals surface area contributed by atoms with Gasteiger partial charge in [-0.1, -0.05) is 65.0 Å². The fraction of sp³-hybridized carbons (Fsp3) is 0.750. The summed E-state index contributed by atoms with van der Waals surface area (Å²) in [6, 6.07) is 8.40. The predicted octanol–water partition coefficient (Wildman–Crippen LogP) is 5.34. The van der Waals surface area contributed by atoms with Crippen LogP contribution < -0.4 is 10.5 Å². The zero-order valence-corrected chi connectivity index (χ0v) is 17.8. The molecular weight excluding hydrogens is 334 g/mol. The van der Waals surface area contributed by atoms with Crippen molar-refractivity contribution in [3.8, 4) is 5.75 Å². The third-order valence-corrected chi connectivity index (χ3v) is 5.90. The largest absolute Gasteiger partial charge is 0.494 e. The molecule has 0 radical (unpaired) electrons. The second-order valence-electron chi connectivity index (χ2n) is 9.38. The number of rotatable bonds is 14. The fourth-order valence-electron chi connectivity index (χ4n) is 3.69. The Morgan fingerprint density at radius 3 is 2.41 bits per heavy atom. The Hall–Kier alpha value is -1.06. The lowest BCUT2D eigenvalue weighted by atomic mass is 9.88. The van der Waals surface area contributed by atoms with Crippen molar-refractivity contribution in [2.75, 3.05) is 13.2 Å². The fourth-order valence-corrected chi connectivity index (χ4v) is 3.69. The van der Waals surface area contributed by atoms with Crippen molar-refractivity contribution in [2.24, 2.45) is 23.5 Å². The first-order valence-electron chi connectivity index (χ1n) is 11.0. The minimum atomic E-state index is -0.415. The Morgan fingerprint density at radius 1 is 1.11 bits per heavy atom. The van der Waals surface area contributed by atoms with E-state index in [1.807, 2.05) is 0 Å². The van der Waals surface area contributed by atoms with Crippen LogP contribution in [0.1, 0.15) is 77.7 Å². The van der Waals surface area contributed by atoms with Gasteiger partial charge in [-0.3, -0.25) is 0 Å². The Bertz CT molecular complexity index is 524. The molecule has 1 saturated carbocycles. The highest BCUT2D eigenvalue weighted by atomic mass is 16.5. The summed E-state index contributed by atoms with van der Waals surface area (Å²) in [5.41, 5.74) is 7.24. The number of nitrogens with two attached hydrogens (primary N) is 1. The number of hydrogen-bond acceptors (Lipinski definition) is 3. The summed E-state index contributed by atoms with van der Waals surface area (Å²) in [6.07, 6.45) is 10.3. The van der Waals surface area contributed by atoms with Gasteiger partial charge < -0.3 is 15.6 Å². The summed E-state index contributed by atoms with van der Waals surface area (Å²) in [4.78, 5) is 0. The van der Waals surface area contributed by atoms with Crippen LogP contribution in [0, 0.1) is 17.8 Å². The molecule has 2 rings (SSSR count). The maximum Gasteiger partial charge on any atom is 0.119 e. The van der Waals surface area contributed by atoms with Crippen molar-refractivity contribution >= 4 is 0 Å². The van der Waals surface area contributed by atoms with Crippen molar-refractivity contribution < 1.29 is 9.84 Å². The molecule has 154 valence electrons. The average molecular weight is 376 g/mol. The summed E-state index contributed by atoms with van der Waals surface area (Å²) in [5, 5.41) is 9.66. The van der Waals surface area contributed by atoms with E-state index in [1.54, 1.807) is 0 Å². The Labute approximate surface area is 166 Å². The molecule has 3 heteroatoms. The van der Waals surface area contributed by atoms with Crippen molar-refractivity contribution in [1.29, 1.82) is 0 Å². The number of hydrogen-bond donors (Lipinski definition) is 2. The first-order chi connectivity index (χ1) is 12.9. The van der Waals surface area contributed by atoms with Crippen LogP contribution in [0.15, 0.2) is 24.3 Å². The number of aryl methyl sites for hydroxylation is 1. The van der Waals surface area contributed by atoms with Crippen LogP contribution in [-0.2, 0) is 6.42 Å². The van der Waals surface area contributed by atoms with E-state index in [0.29, 0.717) is 0 Å². The van der Waals surface area contributed by atoms with E-state index in [0.717, 1.165) is 55.8 Å². The highest BCUT2D eigenvalue weighted by Gasteiger charge is 2.33. The van der Waals surface area contributed by atoms with E-state index in [9.17, 15) is 5.11 Å². The molecule has 0 amide bonds. The van der Waals surface area contributed by atoms with E-state index in [2.05, 4.69) is 45.0 Å². The molecule has 3 N–H and O–H groups in total. The van der Waals surface area contributed by atoms with Gasteiger partial charge in [-0.05, 0) is 61.1 Å². The first kappa shape index (κ1) is 22.2. The molecule has 27 heavy (non-hydrogen) atoms. The van der Waals surface area contributed by atoms with Gasteiger partial charge in [0.05, 0.1) is 13.2 Å². The van der Waals surface area contributed by atoms with Crippen LogP contribution in [0.2, 0.25) is 0 Å². The second-order valence-corrected chi connectivity index (χ2v) is 9.38. The number of aliphatic hydroxyl groups excluding tert-OH is 1. The molecular formula is C24H41NO2. The molecule has 1 aliphatic rings. The highest BCUT2D eigenvalue weighted by Crippen LogP contribution is 2.37. The maximum absolute atomic E-state index is 9.66. The summed E-state index contributed by atoms with van der Waals surface area (Å²) in [7, 11) is 0. The molecule has 1 fully saturated rings. The van der Waals surface area contributed by atoms with Gasteiger partial charge in [-0.2, -0.15) is 0 Å². The van der Waals surface area contributed by atoms with E-state index >= 15 is 0 Å². The molecule has 1 aliphatic carbocycles. The monoisotopic (exact) mass is 375 g/mol. The molecule has 0 spiro atoms. The third-order valence-electron chi connectivity index (χ3n) is 5.90. The van der Waals surface area contributed by atoms with Crippen LogP contribution >= 0.6 is 0 Å². The van der Waals surface area contributed by atoms with Gasteiger partial charge in [-0.25, -0.2) is 0 Å². The molecule has 0 aliphatic heterocycles. The molecule has 2 atom stereocenters. The second kappa shape index (κ2) is 11.1. The number of benzene rings is 1. The van der Waals surface area contributed by atoms with Gasteiger partial charge in [-0.15, -0.1) is 0 Å². The summed E-state index contributed by atoms with van der Waals surface area (Å²) in [6.45, 7) is 7.79. The van der Waals surface area contributed by atoms with Crippen molar-refractivity contribution in [2.45, 2.75) is 84.1 Å². The standard InChI is InChI=1S/C24H41NO2/c1-19(2)5-4-6-20(3)14-16-27-23-11-9-21(10-12-23)13-15-24(25,18-26)17-22-7-8-22/h9-12,19-20,22,26H,4-8,13-18,25H2,1-3H3. The van der Waals surface area contributed by atoms with Gasteiger partial charge in [0.25, 0.3) is 0 Å². The van der Waals surface area contributed by atoms with Crippen LogP contribution in [0.5, 0.6) is 5.75 Å². The van der Waals surface area contributed by atoms with E-state index < -0.39 is 5.54 Å². The summed E-state index contributed by atoms with van der Waals surface area (Å²) in [5.74, 6) is 3.23. The molecule has 1 aromatic rings. The molecule has 1 aromatic carbocycles. The highest BCUT2D eigenvalue weighted by molar-refractivity contribution is 5.27. The van der Waals surface area contributed by atoms with Gasteiger partial charge in [0.2, 0.25) is 0 Å². The topological polar surface area (TPSA) is 55.5 Å². The van der Waals surface area contributed by atoms with Crippen molar-refractivity contribution in [3.05, 3.63) is 29.8 Å². The Balaban J connectivity index is 1.65. The van der Waals surface area contributed by atoms with Crippen LogP contribution in [0.3, 0.4) is 0 Å². The quantitative estimate of drug-likeness (QED) is 0.461. The zero-order valence-electron chi connectivity index (χ0n) is 17.8. The molecule has 0 heterocycles. The van der Waals surface area contributed by atoms with Crippen LogP contribution in [0.25, 0.3) is 0 Å². The Kier molecular flexibility index (Phi) is 9.11. The van der Waals surface area contributed by atoms with Crippen LogP contribution in [-0.4, -0.2) is 23.9 Å². The SMILES string of the molecule is CC(C)CCCC(C)CCOc1ccc(CCC(N)(CO)CC2CC2)cc1. The van der Waals surface area contributed by atoms with E-state index in [4.69, 9.17) is 10.5 Å². The minimum Gasteiger partial charge on any atom is -0.494 e. The van der Waals surface area contributed by atoms with E-state index in [-0.39, 0.29) is 6.61 Å². The van der Waals surface area contributed by atoms with Crippen molar-refractivity contribution in [3.63, 3.8) is 0 Å². The molecule has 0 saturated heterocycles. The lowest BCUT2D eigenvalue weighted by Crippen LogP contribution is -2.44. The van der Waals surface area contributed by atoms with Gasteiger partial charge >= 0.3 is 0 Å². The summed E-state index contributed by atoms with van der Waals surface area (Å²) >= 11 is 0. The first-order valence-corrected chi connectivity index (χ1v) is 11.0. The van der Waals surface area contributed by atoms with Crippen molar-refractivity contribution in [1.82, 2.24) is 0 Å². The summed E-state index contributed by atoms with van der Waals surface area (Å²) < 4.78 is 5.92. The smallest absolute Gasteiger partial charge is 0.119 e. The predicted molar refractivity (Wildman–Crippen MR) is 114 cm³/mol. The lowest BCUT2D eigenvalue weighted by molar-refractivity contribution is 0.172. The Morgan fingerprint density at radius 2 is 1.81 bits per heavy atom.